The van der Waals surface area contributed by atoms with Crippen molar-refractivity contribution in [3.8, 4) is 5.75 Å². The molecule has 108 valence electrons. The second-order valence-electron chi connectivity index (χ2n) is 3.82. The van der Waals surface area contributed by atoms with Crippen LogP contribution in [-0.4, -0.2) is 4.92 Å². The van der Waals surface area contributed by atoms with Crippen LogP contribution in [0.3, 0.4) is 0 Å². The lowest BCUT2D eigenvalue weighted by molar-refractivity contribution is -0.384. The third-order valence-electron chi connectivity index (χ3n) is 2.42. The Morgan fingerprint density at radius 1 is 1.14 bits per heavy atom. The van der Waals surface area contributed by atoms with E-state index in [9.17, 15) is 14.7 Å². The molecular weight excluding hydrogens is 448 g/mol. The van der Waals surface area contributed by atoms with Crippen molar-refractivity contribution in [2.24, 2.45) is 0 Å². The van der Waals surface area contributed by atoms with Crippen LogP contribution in [0.4, 0.5) is 5.69 Å². The summed E-state index contributed by atoms with van der Waals surface area (Å²) in [4.78, 5) is 10.0. The lowest BCUT2D eigenvalue weighted by atomic mass is 10.3. The number of nitrogens with zero attached hydrogens (tertiary/aromatic N) is 1. The lowest BCUT2D eigenvalue weighted by Gasteiger charge is -1.98. The van der Waals surface area contributed by atoms with Crippen LogP contribution in [-0.2, 0) is 4.57 Å². The Kier molecular flexibility index (Phi) is 5.32. The van der Waals surface area contributed by atoms with Gasteiger partial charge in [-0.1, -0.05) is 11.6 Å². The predicted molar refractivity (Wildman–Crippen MR) is 87.8 cm³/mol. The summed E-state index contributed by atoms with van der Waals surface area (Å²) in [6.07, 6.45) is 0. The standard InChI is InChI=1S/C12H6Br2ClNO4P/c13-9-3-2-8(6-10(9)14)21(19)20-12-4-1-7(16(17)18)5-11(12)15/h1-6H/q+1. The van der Waals surface area contributed by atoms with E-state index >= 15 is 0 Å². The fourth-order valence-corrected chi connectivity index (χ4v) is 3.36. The molecule has 0 saturated carbocycles. The third-order valence-corrected chi connectivity index (χ3v) is 5.66. The van der Waals surface area contributed by atoms with E-state index in [1.54, 1.807) is 18.2 Å². The number of hydrogen-bond acceptors (Lipinski definition) is 4. The molecule has 2 aromatic rings. The molecule has 21 heavy (non-hydrogen) atoms. The maximum absolute atomic E-state index is 12.1. The van der Waals surface area contributed by atoms with Gasteiger partial charge in [0.2, 0.25) is 11.1 Å². The number of halogens is 3. The zero-order valence-corrected chi connectivity index (χ0v) is 14.9. The van der Waals surface area contributed by atoms with Crippen LogP contribution >= 0.6 is 51.5 Å². The van der Waals surface area contributed by atoms with Crippen molar-refractivity contribution >= 4 is 62.5 Å². The van der Waals surface area contributed by atoms with Crippen molar-refractivity contribution < 1.29 is 14.0 Å². The summed E-state index contributed by atoms with van der Waals surface area (Å²) in [6.45, 7) is 0. The van der Waals surface area contributed by atoms with Crippen LogP contribution in [0.25, 0.3) is 0 Å². The molecule has 5 nitrogen and oxygen atoms in total. The molecule has 0 spiro atoms. The minimum atomic E-state index is -2.18. The minimum absolute atomic E-state index is 0.0312. The molecule has 0 aromatic heterocycles. The summed E-state index contributed by atoms with van der Waals surface area (Å²) in [5, 5.41) is 11.1. The molecule has 0 fully saturated rings. The Bertz CT molecular complexity index is 741. The molecule has 0 saturated heterocycles. The Balaban J connectivity index is 2.23. The number of benzene rings is 2. The molecule has 0 radical (unpaired) electrons. The molecule has 1 atom stereocenters. The van der Waals surface area contributed by atoms with Crippen LogP contribution in [0, 0.1) is 10.1 Å². The Labute approximate surface area is 142 Å². The van der Waals surface area contributed by atoms with E-state index in [4.69, 9.17) is 16.1 Å². The zero-order chi connectivity index (χ0) is 15.6. The summed E-state index contributed by atoms with van der Waals surface area (Å²) in [5.41, 5.74) is -0.158. The van der Waals surface area contributed by atoms with Crippen molar-refractivity contribution in [3.63, 3.8) is 0 Å². The Morgan fingerprint density at radius 2 is 1.86 bits per heavy atom. The van der Waals surface area contributed by atoms with Gasteiger partial charge in [0, 0.05) is 27.1 Å². The van der Waals surface area contributed by atoms with Gasteiger partial charge in [0.15, 0.2) is 0 Å². The number of hydrogen-bond donors (Lipinski definition) is 0. The first kappa shape index (κ1) is 16.4. The molecular formula is C12H6Br2ClNO4P+. The van der Waals surface area contributed by atoms with Gasteiger partial charge in [-0.2, -0.15) is 0 Å². The molecule has 0 heterocycles. The van der Waals surface area contributed by atoms with Crippen molar-refractivity contribution in [2.45, 2.75) is 0 Å². The van der Waals surface area contributed by atoms with E-state index in [1.807, 2.05) is 0 Å². The number of non-ortho nitro benzene ring substituents is 1. The smallest absolute Gasteiger partial charge is 0.258 e. The van der Waals surface area contributed by atoms with Crippen LogP contribution in [0.15, 0.2) is 45.3 Å². The highest BCUT2D eigenvalue weighted by atomic mass is 79.9. The van der Waals surface area contributed by atoms with Gasteiger partial charge >= 0.3 is 8.03 Å². The lowest BCUT2D eigenvalue weighted by Crippen LogP contribution is -2.00. The van der Waals surface area contributed by atoms with Crippen LogP contribution in [0.5, 0.6) is 5.75 Å². The van der Waals surface area contributed by atoms with E-state index in [0.29, 0.717) is 5.30 Å². The number of nitro groups is 1. The van der Waals surface area contributed by atoms with Gasteiger partial charge in [0.1, 0.15) is 0 Å². The van der Waals surface area contributed by atoms with Crippen LogP contribution < -0.4 is 9.83 Å². The zero-order valence-electron chi connectivity index (χ0n) is 10.1. The molecule has 0 N–H and O–H groups in total. The first-order chi connectivity index (χ1) is 9.88. The second kappa shape index (κ2) is 6.83. The molecule has 2 rings (SSSR count). The van der Waals surface area contributed by atoms with E-state index in [-0.39, 0.29) is 16.5 Å². The molecule has 0 aliphatic heterocycles. The summed E-state index contributed by atoms with van der Waals surface area (Å²) in [7, 11) is -2.18. The summed E-state index contributed by atoms with van der Waals surface area (Å²) >= 11 is 12.5. The molecule has 0 amide bonds. The number of rotatable bonds is 4. The van der Waals surface area contributed by atoms with Gasteiger partial charge in [0.05, 0.1) is 9.95 Å². The fourth-order valence-electron chi connectivity index (χ4n) is 1.42. The van der Waals surface area contributed by atoms with Crippen molar-refractivity contribution in [3.05, 3.63) is 60.5 Å². The summed E-state index contributed by atoms with van der Waals surface area (Å²) in [6, 6.07) is 8.74. The van der Waals surface area contributed by atoms with Gasteiger partial charge in [-0.15, -0.1) is 0 Å². The van der Waals surface area contributed by atoms with Crippen molar-refractivity contribution in [1.29, 1.82) is 0 Å². The maximum atomic E-state index is 12.1. The normalized spacial score (nSPS) is 11.1. The highest BCUT2D eigenvalue weighted by Crippen LogP contribution is 2.35. The average Bonchev–Trinajstić information content (AvgIpc) is 2.43. The quantitative estimate of drug-likeness (QED) is 0.361. The monoisotopic (exact) mass is 452 g/mol. The van der Waals surface area contributed by atoms with Gasteiger partial charge in [-0.05, 0) is 54.6 Å². The second-order valence-corrected chi connectivity index (χ2v) is 7.15. The summed E-state index contributed by atoms with van der Waals surface area (Å²) in [5.74, 6) is 0.127. The van der Waals surface area contributed by atoms with Gasteiger partial charge in [-0.3, -0.25) is 10.1 Å². The Hall–Kier alpha value is -1.01. The molecule has 0 bridgehead atoms. The molecule has 0 aliphatic rings. The SMILES string of the molecule is O=[N+]([O-])c1ccc(O[P+](=O)c2ccc(Br)c(Br)c2)c(Cl)c1. The van der Waals surface area contributed by atoms with Crippen molar-refractivity contribution in [2.75, 3.05) is 0 Å². The largest absolute Gasteiger partial charge is 0.597 e. The number of nitro benzene ring substituents is 1. The third kappa shape index (κ3) is 4.01. The maximum Gasteiger partial charge on any atom is 0.597 e. The van der Waals surface area contributed by atoms with E-state index in [2.05, 4.69) is 31.9 Å². The molecule has 0 aliphatic carbocycles. The van der Waals surface area contributed by atoms with Crippen LogP contribution in [0.1, 0.15) is 0 Å². The Morgan fingerprint density at radius 3 is 2.43 bits per heavy atom. The van der Waals surface area contributed by atoms with E-state index in [1.165, 1.54) is 12.1 Å². The fraction of sp³-hybridized carbons (Fsp3) is 0. The highest BCUT2D eigenvalue weighted by molar-refractivity contribution is 9.13. The topological polar surface area (TPSA) is 69.4 Å². The van der Waals surface area contributed by atoms with Crippen LogP contribution in [0.2, 0.25) is 5.02 Å². The highest BCUT2D eigenvalue weighted by Gasteiger charge is 2.26. The van der Waals surface area contributed by atoms with E-state index in [0.717, 1.165) is 15.0 Å². The molecule has 1 unspecified atom stereocenters. The minimum Gasteiger partial charge on any atom is -0.258 e. The van der Waals surface area contributed by atoms with Gasteiger partial charge < -0.3 is 0 Å². The average molecular weight is 454 g/mol. The molecule has 9 heteroatoms. The van der Waals surface area contributed by atoms with Gasteiger partial charge in [-0.25, -0.2) is 4.52 Å². The predicted octanol–water partition coefficient (Wildman–Crippen LogP) is 5.22. The first-order valence-corrected chi connectivity index (χ1v) is 8.57. The van der Waals surface area contributed by atoms with Crippen molar-refractivity contribution in [1.82, 2.24) is 0 Å². The summed E-state index contributed by atoms with van der Waals surface area (Å²) < 4.78 is 19.0. The van der Waals surface area contributed by atoms with Gasteiger partial charge in [0.25, 0.3) is 5.69 Å². The molecule has 2 aromatic carbocycles. The van der Waals surface area contributed by atoms with E-state index < -0.39 is 13.0 Å². The first-order valence-electron chi connectivity index (χ1n) is 5.42.